The van der Waals surface area contributed by atoms with E-state index in [0.29, 0.717) is 33.4 Å². The topological polar surface area (TPSA) is 81.9 Å². The van der Waals surface area contributed by atoms with E-state index in [0.717, 1.165) is 16.1 Å². The summed E-state index contributed by atoms with van der Waals surface area (Å²) < 4.78 is 7.94. The molecule has 0 aliphatic heterocycles. The van der Waals surface area contributed by atoms with E-state index in [1.807, 2.05) is 73.9 Å². The molecule has 1 atom stereocenters. The smallest absolute Gasteiger partial charge is 0.236 e. The van der Waals surface area contributed by atoms with Crippen LogP contribution in [0.3, 0.4) is 0 Å². The number of aromatic nitrogens is 4. The highest BCUT2D eigenvalue weighted by atomic mass is 35.5. The maximum atomic E-state index is 12.6. The molecule has 7 nitrogen and oxygen atoms in total. The highest BCUT2D eigenvalue weighted by molar-refractivity contribution is 7.99. The second-order valence-electron chi connectivity index (χ2n) is 7.40. The van der Waals surface area contributed by atoms with E-state index >= 15 is 0 Å². The van der Waals surface area contributed by atoms with Crippen LogP contribution in [0.25, 0.3) is 11.3 Å². The van der Waals surface area contributed by atoms with Crippen LogP contribution in [-0.4, -0.2) is 31.4 Å². The minimum Gasteiger partial charge on any atom is -0.481 e. The van der Waals surface area contributed by atoms with Gasteiger partial charge in [-0.05, 0) is 32.9 Å². The fourth-order valence-corrected chi connectivity index (χ4v) is 5.23. The van der Waals surface area contributed by atoms with Crippen molar-refractivity contribution in [3.05, 3.63) is 70.3 Å². The molecule has 10 heteroatoms. The third kappa shape index (κ3) is 5.60. The number of nitrogens with zero attached hydrogens (tertiary/aromatic N) is 4. The van der Waals surface area contributed by atoms with Crippen molar-refractivity contribution < 1.29 is 9.53 Å². The Morgan fingerprint density at radius 3 is 2.65 bits per heavy atom. The number of carbonyl (C=O) groups excluding carboxylic acids is 1. The number of carbonyl (C=O) groups is 1. The first-order valence-corrected chi connectivity index (χ1v) is 12.9. The summed E-state index contributed by atoms with van der Waals surface area (Å²) in [7, 11) is 0. The monoisotopic (exact) mass is 513 g/mol. The van der Waals surface area contributed by atoms with Gasteiger partial charge in [0.05, 0.1) is 16.5 Å². The molecule has 4 aromatic rings. The van der Waals surface area contributed by atoms with E-state index in [4.69, 9.17) is 16.3 Å². The number of thioether (sulfide) groups is 1. The van der Waals surface area contributed by atoms with Crippen molar-refractivity contribution in [2.45, 2.75) is 38.6 Å². The van der Waals surface area contributed by atoms with Gasteiger partial charge in [0, 0.05) is 17.0 Å². The lowest BCUT2D eigenvalue weighted by Gasteiger charge is -2.16. The second-order valence-corrected chi connectivity index (χ2v) is 9.96. The summed E-state index contributed by atoms with van der Waals surface area (Å²) in [6.07, 6.45) is -0.356. The molecule has 1 amide bonds. The fourth-order valence-electron chi connectivity index (χ4n) is 3.39. The number of rotatable bonds is 9. The molecule has 176 valence electrons. The van der Waals surface area contributed by atoms with Crippen LogP contribution in [0.15, 0.2) is 59.8 Å². The van der Waals surface area contributed by atoms with Crippen LogP contribution in [0.1, 0.15) is 30.7 Å². The van der Waals surface area contributed by atoms with Crippen molar-refractivity contribution in [1.82, 2.24) is 19.7 Å². The minimum absolute atomic E-state index is 0.147. The van der Waals surface area contributed by atoms with Crippen LogP contribution in [0.2, 0.25) is 5.02 Å². The first-order valence-electron chi connectivity index (χ1n) is 10.8. The number of para-hydroxylation sites is 1. The summed E-state index contributed by atoms with van der Waals surface area (Å²) in [6.45, 7) is 6.55. The highest BCUT2D eigenvalue weighted by Gasteiger charge is 2.20. The summed E-state index contributed by atoms with van der Waals surface area (Å²) >= 11 is 9.00. The summed E-state index contributed by atoms with van der Waals surface area (Å²) in [5.41, 5.74) is 1.92. The van der Waals surface area contributed by atoms with Gasteiger partial charge in [0.15, 0.2) is 22.2 Å². The second kappa shape index (κ2) is 11.0. The summed E-state index contributed by atoms with van der Waals surface area (Å²) in [5.74, 6) is 1.31. The lowest BCUT2D eigenvalue weighted by atomic mass is 10.1. The van der Waals surface area contributed by atoms with Gasteiger partial charge in [-0.1, -0.05) is 65.8 Å². The van der Waals surface area contributed by atoms with E-state index < -0.39 is 0 Å². The quantitative estimate of drug-likeness (QED) is 0.266. The highest BCUT2D eigenvalue weighted by Crippen LogP contribution is 2.31. The minimum atomic E-state index is -0.356. The average molecular weight is 514 g/mol. The van der Waals surface area contributed by atoms with Gasteiger partial charge in [0.25, 0.3) is 0 Å². The van der Waals surface area contributed by atoms with E-state index in [9.17, 15) is 4.79 Å². The van der Waals surface area contributed by atoms with Gasteiger partial charge in [-0.3, -0.25) is 4.79 Å². The standard InChI is InChI=1S/C24H24ClN5O2S2/c1-4-30-22(15(2)32-19-13-9-8-12-18(19)25)28-29-24(30)33-14-20(31)26-23-27-21(16(3)34-23)17-10-6-5-7-11-17/h5-13,15H,4,14H2,1-3H3,(H,26,27,31)/t15-/m1/s1. The Kier molecular flexibility index (Phi) is 7.87. The summed E-state index contributed by atoms with van der Waals surface area (Å²) in [4.78, 5) is 18.3. The lowest BCUT2D eigenvalue weighted by molar-refractivity contribution is -0.113. The fraction of sp³-hybridized carbons (Fsp3) is 0.250. The SMILES string of the molecule is CCn1c(SCC(=O)Nc2nc(-c3ccccc3)c(C)s2)nnc1[C@@H](C)Oc1ccccc1Cl. The Balaban J connectivity index is 1.39. The molecule has 0 radical (unpaired) electrons. The van der Waals surface area contributed by atoms with E-state index in [-0.39, 0.29) is 17.8 Å². The molecular weight excluding hydrogens is 490 g/mol. The van der Waals surface area contributed by atoms with Crippen molar-refractivity contribution in [2.75, 3.05) is 11.1 Å². The van der Waals surface area contributed by atoms with E-state index in [1.165, 1.54) is 23.1 Å². The van der Waals surface area contributed by atoms with Crippen LogP contribution in [-0.2, 0) is 11.3 Å². The third-order valence-corrected chi connectivity index (χ3v) is 7.15. The molecule has 2 aromatic carbocycles. The Hall–Kier alpha value is -2.88. The van der Waals surface area contributed by atoms with Crippen LogP contribution >= 0.6 is 34.7 Å². The van der Waals surface area contributed by atoms with Gasteiger partial charge < -0.3 is 14.6 Å². The normalized spacial score (nSPS) is 11.9. The maximum absolute atomic E-state index is 12.6. The molecule has 0 bridgehead atoms. The van der Waals surface area contributed by atoms with E-state index in [2.05, 4.69) is 20.5 Å². The van der Waals surface area contributed by atoms with Crippen LogP contribution < -0.4 is 10.1 Å². The lowest BCUT2D eigenvalue weighted by Crippen LogP contribution is -2.15. The largest absolute Gasteiger partial charge is 0.481 e. The van der Waals surface area contributed by atoms with Crippen molar-refractivity contribution in [1.29, 1.82) is 0 Å². The molecule has 0 saturated carbocycles. The van der Waals surface area contributed by atoms with Crippen molar-refractivity contribution in [3.63, 3.8) is 0 Å². The number of hydrogen-bond acceptors (Lipinski definition) is 7. The molecule has 4 rings (SSSR count). The summed E-state index contributed by atoms with van der Waals surface area (Å²) in [5, 5.41) is 13.3. The predicted molar refractivity (Wildman–Crippen MR) is 138 cm³/mol. The van der Waals surface area contributed by atoms with Gasteiger partial charge in [0.1, 0.15) is 5.75 Å². The number of nitrogens with one attached hydrogen (secondary N) is 1. The Bertz CT molecular complexity index is 1280. The molecule has 0 saturated heterocycles. The molecule has 0 unspecified atom stereocenters. The molecule has 0 aliphatic carbocycles. The zero-order valence-corrected chi connectivity index (χ0v) is 21.4. The molecule has 34 heavy (non-hydrogen) atoms. The number of hydrogen-bond donors (Lipinski definition) is 1. The van der Waals surface area contributed by atoms with Crippen molar-refractivity contribution >= 4 is 45.7 Å². The van der Waals surface area contributed by atoms with Crippen LogP contribution in [0.4, 0.5) is 5.13 Å². The first-order chi connectivity index (χ1) is 16.5. The van der Waals surface area contributed by atoms with Crippen molar-refractivity contribution in [2.24, 2.45) is 0 Å². The van der Waals surface area contributed by atoms with Gasteiger partial charge in [-0.15, -0.1) is 21.5 Å². The zero-order valence-electron chi connectivity index (χ0n) is 19.0. The van der Waals surface area contributed by atoms with Gasteiger partial charge >= 0.3 is 0 Å². The van der Waals surface area contributed by atoms with Crippen LogP contribution in [0.5, 0.6) is 5.75 Å². The number of benzene rings is 2. The zero-order chi connectivity index (χ0) is 24.1. The first kappa shape index (κ1) is 24.3. The number of ether oxygens (including phenoxy) is 1. The van der Waals surface area contributed by atoms with Crippen molar-refractivity contribution in [3.8, 4) is 17.0 Å². The van der Waals surface area contributed by atoms with Gasteiger partial charge in [-0.25, -0.2) is 4.98 Å². The molecule has 2 aromatic heterocycles. The number of amides is 1. The number of anilines is 1. The summed E-state index contributed by atoms with van der Waals surface area (Å²) in [6, 6.07) is 17.2. The molecule has 1 N–H and O–H groups in total. The Labute approximate surface area is 211 Å². The number of halogens is 1. The molecular formula is C24H24ClN5O2S2. The molecule has 2 heterocycles. The Morgan fingerprint density at radius 2 is 1.91 bits per heavy atom. The van der Waals surface area contributed by atoms with Crippen LogP contribution in [0, 0.1) is 6.92 Å². The predicted octanol–water partition coefficient (Wildman–Crippen LogP) is 6.25. The number of aryl methyl sites for hydroxylation is 1. The van der Waals surface area contributed by atoms with Gasteiger partial charge in [0.2, 0.25) is 5.91 Å². The molecule has 0 aliphatic rings. The average Bonchev–Trinajstić information content (AvgIpc) is 3.42. The van der Waals surface area contributed by atoms with E-state index in [1.54, 1.807) is 6.07 Å². The molecule has 0 spiro atoms. The number of thiazole rings is 1. The molecule has 0 fully saturated rings. The maximum Gasteiger partial charge on any atom is 0.236 e. The van der Waals surface area contributed by atoms with Gasteiger partial charge in [-0.2, -0.15) is 0 Å². The third-order valence-electron chi connectivity index (χ3n) is 4.99. The Morgan fingerprint density at radius 1 is 1.18 bits per heavy atom.